The van der Waals surface area contributed by atoms with Crippen molar-refractivity contribution < 1.29 is 0 Å². The van der Waals surface area contributed by atoms with E-state index >= 15 is 0 Å². The van der Waals surface area contributed by atoms with Gasteiger partial charge in [-0.2, -0.15) is 0 Å². The quantitative estimate of drug-likeness (QED) is 0.649. The molecule has 0 saturated heterocycles. The highest BCUT2D eigenvalue weighted by atomic mass is 79.9. The van der Waals surface area contributed by atoms with E-state index < -0.39 is 0 Å². The first-order valence-electron chi connectivity index (χ1n) is 6.03. The smallest absolute Gasteiger partial charge is 0.0418 e. The van der Waals surface area contributed by atoms with Crippen LogP contribution in [0.3, 0.4) is 0 Å². The van der Waals surface area contributed by atoms with E-state index in [-0.39, 0.29) is 0 Å². The lowest BCUT2D eigenvalue weighted by molar-refractivity contribution is 0.503. The second kappa shape index (κ2) is 6.79. The van der Waals surface area contributed by atoms with Crippen LogP contribution in [-0.4, -0.2) is 13.1 Å². The molecule has 3 heteroatoms. The molecule has 0 spiro atoms. The number of nitrogens with zero attached hydrogens (tertiary/aromatic N) is 1. The van der Waals surface area contributed by atoms with Gasteiger partial charge in [0.2, 0.25) is 0 Å². The van der Waals surface area contributed by atoms with Crippen LogP contribution in [0.15, 0.2) is 22.7 Å². The van der Waals surface area contributed by atoms with Gasteiger partial charge in [-0.05, 0) is 37.0 Å². The first-order valence-corrected chi connectivity index (χ1v) is 7.94. The molecule has 96 valence electrons. The Morgan fingerprint density at radius 1 is 1.24 bits per heavy atom. The molecule has 0 radical (unpaired) electrons. The zero-order chi connectivity index (χ0) is 13.0. The third-order valence-corrected chi connectivity index (χ3v) is 4.14. The number of anilines is 1. The van der Waals surface area contributed by atoms with E-state index in [1.807, 2.05) is 0 Å². The van der Waals surface area contributed by atoms with Gasteiger partial charge in [-0.25, -0.2) is 0 Å². The van der Waals surface area contributed by atoms with Crippen molar-refractivity contribution in [2.75, 3.05) is 11.9 Å². The number of benzene rings is 1. The molecule has 0 aromatic heterocycles. The molecular formula is C14H21Br2N. The third-order valence-electron chi connectivity index (χ3n) is 3.04. The van der Waals surface area contributed by atoms with Crippen LogP contribution >= 0.6 is 31.9 Å². The zero-order valence-electron chi connectivity index (χ0n) is 11.0. The minimum absolute atomic E-state index is 0.557. The van der Waals surface area contributed by atoms with Gasteiger partial charge in [-0.15, -0.1) is 0 Å². The molecule has 1 rings (SSSR count). The fourth-order valence-corrected chi connectivity index (χ4v) is 2.88. The predicted octanol–water partition coefficient (Wildman–Crippen LogP) is 5.21. The molecule has 0 aliphatic carbocycles. The average molecular weight is 363 g/mol. The van der Waals surface area contributed by atoms with Crippen molar-refractivity contribution >= 4 is 37.5 Å². The third kappa shape index (κ3) is 4.29. The van der Waals surface area contributed by atoms with E-state index in [9.17, 15) is 0 Å². The molecular weight excluding hydrogens is 342 g/mol. The molecule has 0 amide bonds. The molecule has 0 aliphatic rings. The van der Waals surface area contributed by atoms with Crippen molar-refractivity contribution in [2.24, 2.45) is 5.92 Å². The molecule has 1 nitrogen and oxygen atoms in total. The lowest BCUT2D eigenvalue weighted by Gasteiger charge is -2.30. The summed E-state index contributed by atoms with van der Waals surface area (Å²) in [5.41, 5.74) is 2.65. The van der Waals surface area contributed by atoms with Gasteiger partial charge in [0.05, 0.1) is 0 Å². The van der Waals surface area contributed by atoms with Crippen molar-refractivity contribution in [3.05, 3.63) is 28.2 Å². The summed E-state index contributed by atoms with van der Waals surface area (Å²) in [5, 5.41) is 0.897. The van der Waals surface area contributed by atoms with Crippen molar-refractivity contribution in [2.45, 2.75) is 38.6 Å². The maximum absolute atomic E-state index is 3.56. The Morgan fingerprint density at radius 2 is 1.88 bits per heavy atom. The van der Waals surface area contributed by atoms with Gasteiger partial charge in [-0.3, -0.25) is 0 Å². The van der Waals surface area contributed by atoms with Gasteiger partial charge in [0.15, 0.2) is 0 Å². The molecule has 0 heterocycles. The maximum Gasteiger partial charge on any atom is 0.0418 e. The lowest BCUT2D eigenvalue weighted by Crippen LogP contribution is -2.30. The van der Waals surface area contributed by atoms with Crippen LogP contribution in [0.1, 0.15) is 32.8 Å². The zero-order valence-corrected chi connectivity index (χ0v) is 14.2. The molecule has 0 saturated carbocycles. The van der Waals surface area contributed by atoms with Crippen LogP contribution in [0, 0.1) is 5.92 Å². The molecule has 0 N–H and O–H groups in total. The van der Waals surface area contributed by atoms with Crippen molar-refractivity contribution in [3.63, 3.8) is 0 Å². The van der Waals surface area contributed by atoms with Crippen molar-refractivity contribution in [1.82, 2.24) is 0 Å². The number of hydrogen-bond acceptors (Lipinski definition) is 1. The molecule has 17 heavy (non-hydrogen) atoms. The van der Waals surface area contributed by atoms with Crippen LogP contribution in [-0.2, 0) is 5.33 Å². The largest absolute Gasteiger partial charge is 0.372 e. The summed E-state index contributed by atoms with van der Waals surface area (Å²) in [4.78, 5) is 2.38. The van der Waals surface area contributed by atoms with E-state index in [2.05, 4.69) is 82.8 Å². The molecule has 0 aliphatic heterocycles. The van der Waals surface area contributed by atoms with Gasteiger partial charge in [-0.1, -0.05) is 51.8 Å². The Bertz CT molecular complexity index is 363. The normalized spacial score (nSPS) is 12.9. The number of halogens is 2. The van der Waals surface area contributed by atoms with Crippen LogP contribution in [0.25, 0.3) is 0 Å². The van der Waals surface area contributed by atoms with E-state index in [0.717, 1.165) is 15.7 Å². The maximum atomic E-state index is 3.56. The van der Waals surface area contributed by atoms with Crippen molar-refractivity contribution in [1.29, 1.82) is 0 Å². The van der Waals surface area contributed by atoms with Gasteiger partial charge in [0.1, 0.15) is 0 Å². The van der Waals surface area contributed by atoms with E-state index in [4.69, 9.17) is 0 Å². The minimum Gasteiger partial charge on any atom is -0.372 e. The number of alkyl halides is 1. The van der Waals surface area contributed by atoms with Gasteiger partial charge in [0.25, 0.3) is 0 Å². The summed E-state index contributed by atoms with van der Waals surface area (Å²) in [6.07, 6.45) is 1.21. The fraction of sp³-hybridized carbons (Fsp3) is 0.571. The van der Waals surface area contributed by atoms with Crippen LogP contribution in [0.5, 0.6) is 0 Å². The second-order valence-electron chi connectivity index (χ2n) is 5.00. The highest BCUT2D eigenvalue weighted by Crippen LogP contribution is 2.28. The van der Waals surface area contributed by atoms with E-state index in [1.54, 1.807) is 0 Å². The summed E-state index contributed by atoms with van der Waals surface area (Å²) in [6.45, 7) is 6.84. The summed E-state index contributed by atoms with van der Waals surface area (Å²) in [7, 11) is 2.18. The summed E-state index contributed by atoms with van der Waals surface area (Å²) in [5.74, 6) is 0.729. The molecule has 0 bridgehead atoms. The highest BCUT2D eigenvalue weighted by molar-refractivity contribution is 9.10. The molecule has 1 unspecified atom stereocenters. The van der Waals surface area contributed by atoms with Gasteiger partial charge in [0, 0.05) is 28.6 Å². The fourth-order valence-electron chi connectivity index (χ4n) is 2.06. The molecule has 1 atom stereocenters. The van der Waals surface area contributed by atoms with E-state index in [0.29, 0.717) is 6.04 Å². The first-order chi connectivity index (χ1) is 7.95. The Morgan fingerprint density at radius 3 is 2.41 bits per heavy atom. The molecule has 0 fully saturated rings. The Hall–Kier alpha value is -0.0200. The van der Waals surface area contributed by atoms with Gasteiger partial charge < -0.3 is 4.90 Å². The molecule has 1 aromatic rings. The molecule has 1 aromatic carbocycles. The van der Waals surface area contributed by atoms with Crippen LogP contribution in [0.2, 0.25) is 0 Å². The Balaban J connectivity index is 2.93. The minimum atomic E-state index is 0.557. The number of hydrogen-bond donors (Lipinski definition) is 0. The average Bonchev–Trinajstić information content (AvgIpc) is 2.27. The Labute approximate surface area is 122 Å². The van der Waals surface area contributed by atoms with Gasteiger partial charge >= 0.3 is 0 Å². The first kappa shape index (κ1) is 15.0. The highest BCUT2D eigenvalue weighted by Gasteiger charge is 2.14. The topological polar surface area (TPSA) is 3.24 Å². The van der Waals surface area contributed by atoms with E-state index in [1.165, 1.54) is 17.7 Å². The summed E-state index contributed by atoms with van der Waals surface area (Å²) in [6, 6.07) is 7.03. The predicted molar refractivity (Wildman–Crippen MR) is 84.1 cm³/mol. The SMILES string of the molecule is CC(C)CC(C)N(C)c1cc(Br)ccc1CBr. The Kier molecular flexibility index (Phi) is 6.01. The lowest BCUT2D eigenvalue weighted by atomic mass is 10.0. The monoisotopic (exact) mass is 361 g/mol. The standard InChI is InChI=1S/C14H21Br2N/c1-10(2)7-11(3)17(4)14-8-13(16)6-5-12(14)9-15/h5-6,8,10-11H,7,9H2,1-4H3. The van der Waals surface area contributed by atoms with Crippen LogP contribution in [0.4, 0.5) is 5.69 Å². The van der Waals surface area contributed by atoms with Crippen LogP contribution < -0.4 is 4.90 Å². The number of rotatable bonds is 5. The summed E-state index contributed by atoms with van der Waals surface area (Å²) < 4.78 is 1.14. The van der Waals surface area contributed by atoms with Crippen molar-refractivity contribution in [3.8, 4) is 0 Å². The summed E-state index contributed by atoms with van der Waals surface area (Å²) >= 11 is 7.11. The second-order valence-corrected chi connectivity index (χ2v) is 6.47.